The number of hydrogen-bond donors (Lipinski definition) is 0. The summed E-state index contributed by atoms with van der Waals surface area (Å²) in [7, 11) is 4.69. The Bertz CT molecular complexity index is 1200. The van der Waals surface area contributed by atoms with Crippen LogP contribution in [0.15, 0.2) is 58.0 Å². The summed E-state index contributed by atoms with van der Waals surface area (Å²) in [6.45, 7) is 0. The SMILES string of the molecule is COc1ccc(OC)c2c1c(OC)cc1c(=O)cc(-c3cccnc3)oc12. The number of benzene rings is 2. The first kappa shape index (κ1) is 16.9. The molecule has 0 aliphatic heterocycles. The third kappa shape index (κ3) is 2.66. The molecule has 0 aliphatic carbocycles. The lowest BCUT2D eigenvalue weighted by Crippen LogP contribution is -2.03. The van der Waals surface area contributed by atoms with Crippen molar-refractivity contribution in [3.05, 3.63) is 59.0 Å². The second kappa shape index (κ2) is 6.64. The Kier molecular flexibility index (Phi) is 4.16. The molecule has 0 N–H and O–H groups in total. The van der Waals surface area contributed by atoms with Gasteiger partial charge in [-0.1, -0.05) is 0 Å². The molecule has 2 heterocycles. The van der Waals surface area contributed by atoms with E-state index in [1.807, 2.05) is 6.07 Å². The molecule has 6 nitrogen and oxygen atoms in total. The number of pyridine rings is 1. The molecule has 0 saturated carbocycles. The van der Waals surface area contributed by atoms with E-state index in [2.05, 4.69) is 4.98 Å². The minimum atomic E-state index is -0.180. The molecule has 136 valence electrons. The van der Waals surface area contributed by atoms with E-state index in [-0.39, 0.29) is 5.43 Å². The van der Waals surface area contributed by atoms with E-state index in [1.54, 1.807) is 58.0 Å². The number of hydrogen-bond acceptors (Lipinski definition) is 6. The van der Waals surface area contributed by atoms with Gasteiger partial charge in [0.05, 0.1) is 37.5 Å². The molecular formula is C21H17NO5. The fourth-order valence-electron chi connectivity index (χ4n) is 3.22. The second-order valence-electron chi connectivity index (χ2n) is 5.89. The van der Waals surface area contributed by atoms with Gasteiger partial charge in [-0.3, -0.25) is 9.78 Å². The zero-order valence-corrected chi connectivity index (χ0v) is 15.1. The molecule has 0 spiro atoms. The van der Waals surface area contributed by atoms with E-state index in [4.69, 9.17) is 18.6 Å². The van der Waals surface area contributed by atoms with Crippen LogP contribution >= 0.6 is 0 Å². The summed E-state index contributed by atoms with van der Waals surface area (Å²) in [5.74, 6) is 2.09. The number of aromatic nitrogens is 1. The fraction of sp³-hybridized carbons (Fsp3) is 0.143. The molecule has 0 saturated heterocycles. The molecule has 0 aliphatic rings. The van der Waals surface area contributed by atoms with E-state index in [9.17, 15) is 4.79 Å². The number of ether oxygens (including phenoxy) is 3. The highest BCUT2D eigenvalue weighted by molar-refractivity contribution is 6.13. The highest BCUT2D eigenvalue weighted by Gasteiger charge is 2.20. The second-order valence-corrected chi connectivity index (χ2v) is 5.89. The maximum atomic E-state index is 12.8. The van der Waals surface area contributed by atoms with Crippen molar-refractivity contribution in [3.8, 4) is 28.6 Å². The lowest BCUT2D eigenvalue weighted by atomic mass is 10.0. The van der Waals surface area contributed by atoms with E-state index >= 15 is 0 Å². The van der Waals surface area contributed by atoms with Crippen LogP contribution in [-0.4, -0.2) is 26.3 Å². The van der Waals surface area contributed by atoms with Crippen LogP contribution in [-0.2, 0) is 0 Å². The van der Waals surface area contributed by atoms with Crippen molar-refractivity contribution in [2.45, 2.75) is 0 Å². The normalized spacial score (nSPS) is 10.9. The van der Waals surface area contributed by atoms with Crippen molar-refractivity contribution >= 4 is 21.7 Å². The molecule has 2 aromatic carbocycles. The van der Waals surface area contributed by atoms with Crippen LogP contribution in [0.3, 0.4) is 0 Å². The quantitative estimate of drug-likeness (QED) is 0.510. The minimum absolute atomic E-state index is 0.180. The maximum absolute atomic E-state index is 12.8. The van der Waals surface area contributed by atoms with E-state index in [1.165, 1.54) is 6.07 Å². The highest BCUT2D eigenvalue weighted by Crippen LogP contribution is 2.43. The van der Waals surface area contributed by atoms with Crippen molar-refractivity contribution < 1.29 is 18.6 Å². The molecule has 0 amide bonds. The average molecular weight is 363 g/mol. The van der Waals surface area contributed by atoms with Gasteiger partial charge >= 0.3 is 0 Å². The molecule has 0 unspecified atom stereocenters. The Morgan fingerprint density at radius 2 is 1.59 bits per heavy atom. The number of rotatable bonds is 4. The Balaban J connectivity index is 2.21. The number of methoxy groups -OCH3 is 3. The molecule has 0 bridgehead atoms. The van der Waals surface area contributed by atoms with Crippen LogP contribution in [0.25, 0.3) is 33.1 Å². The Morgan fingerprint density at radius 1 is 0.889 bits per heavy atom. The summed E-state index contributed by atoms with van der Waals surface area (Å²) in [4.78, 5) is 16.9. The van der Waals surface area contributed by atoms with Gasteiger partial charge in [-0.15, -0.1) is 0 Å². The Labute approximate surface area is 154 Å². The van der Waals surface area contributed by atoms with Crippen LogP contribution in [0.2, 0.25) is 0 Å². The molecular weight excluding hydrogens is 346 g/mol. The minimum Gasteiger partial charge on any atom is -0.496 e. The monoisotopic (exact) mass is 363 g/mol. The van der Waals surface area contributed by atoms with Gasteiger partial charge in [0.15, 0.2) is 11.0 Å². The van der Waals surface area contributed by atoms with Crippen molar-refractivity contribution in [3.63, 3.8) is 0 Å². The van der Waals surface area contributed by atoms with Crippen LogP contribution in [0.5, 0.6) is 17.2 Å². The molecule has 27 heavy (non-hydrogen) atoms. The molecule has 6 heteroatoms. The van der Waals surface area contributed by atoms with Crippen LogP contribution < -0.4 is 19.6 Å². The zero-order chi connectivity index (χ0) is 19.0. The Morgan fingerprint density at radius 3 is 2.22 bits per heavy atom. The number of fused-ring (bicyclic) bond motifs is 3. The van der Waals surface area contributed by atoms with Gasteiger partial charge in [-0.25, -0.2) is 0 Å². The summed E-state index contributed by atoms with van der Waals surface area (Å²) in [6, 6.07) is 10.3. The lowest BCUT2D eigenvalue weighted by Gasteiger charge is -2.15. The van der Waals surface area contributed by atoms with Crippen LogP contribution in [0, 0.1) is 0 Å². The summed E-state index contributed by atoms with van der Waals surface area (Å²) in [5.41, 5.74) is 0.940. The van der Waals surface area contributed by atoms with Gasteiger partial charge in [0.1, 0.15) is 23.0 Å². The van der Waals surface area contributed by atoms with E-state index in [0.29, 0.717) is 50.3 Å². The largest absolute Gasteiger partial charge is 0.496 e. The van der Waals surface area contributed by atoms with Crippen molar-refractivity contribution in [1.29, 1.82) is 0 Å². The third-order valence-electron chi connectivity index (χ3n) is 4.47. The fourth-order valence-corrected chi connectivity index (χ4v) is 3.22. The topological polar surface area (TPSA) is 70.8 Å². The van der Waals surface area contributed by atoms with Crippen molar-refractivity contribution in [1.82, 2.24) is 4.98 Å². The maximum Gasteiger partial charge on any atom is 0.193 e. The van der Waals surface area contributed by atoms with Crippen molar-refractivity contribution in [2.24, 2.45) is 0 Å². The van der Waals surface area contributed by atoms with Gasteiger partial charge < -0.3 is 18.6 Å². The summed E-state index contributed by atoms with van der Waals surface area (Å²) < 4.78 is 22.7. The summed E-state index contributed by atoms with van der Waals surface area (Å²) in [6.07, 6.45) is 3.31. The van der Waals surface area contributed by atoms with Crippen LogP contribution in [0.1, 0.15) is 0 Å². The molecule has 4 aromatic rings. The first-order valence-corrected chi connectivity index (χ1v) is 8.28. The van der Waals surface area contributed by atoms with Gasteiger partial charge in [-0.2, -0.15) is 0 Å². The summed E-state index contributed by atoms with van der Waals surface area (Å²) >= 11 is 0. The molecule has 4 rings (SSSR count). The first-order valence-electron chi connectivity index (χ1n) is 8.28. The third-order valence-corrected chi connectivity index (χ3v) is 4.47. The molecule has 0 atom stereocenters. The van der Waals surface area contributed by atoms with E-state index < -0.39 is 0 Å². The summed E-state index contributed by atoms with van der Waals surface area (Å²) in [5, 5.41) is 1.70. The Hall–Kier alpha value is -3.54. The van der Waals surface area contributed by atoms with E-state index in [0.717, 1.165) is 0 Å². The molecule has 0 fully saturated rings. The first-order chi connectivity index (χ1) is 13.2. The zero-order valence-electron chi connectivity index (χ0n) is 15.1. The number of nitrogens with zero attached hydrogens (tertiary/aromatic N) is 1. The standard InChI is InChI=1S/C21H17NO5/c1-24-15-6-7-16(25-2)20-19(15)18(26-3)9-13-14(23)10-17(27-21(13)20)12-5-4-8-22-11-12/h4-11H,1-3H3. The lowest BCUT2D eigenvalue weighted by molar-refractivity contribution is 0.400. The highest BCUT2D eigenvalue weighted by atomic mass is 16.5. The predicted molar refractivity (Wildman–Crippen MR) is 103 cm³/mol. The van der Waals surface area contributed by atoms with Crippen molar-refractivity contribution in [2.75, 3.05) is 21.3 Å². The molecule has 0 radical (unpaired) electrons. The van der Waals surface area contributed by atoms with Gasteiger partial charge in [0.25, 0.3) is 0 Å². The van der Waals surface area contributed by atoms with Crippen LogP contribution in [0.4, 0.5) is 0 Å². The van der Waals surface area contributed by atoms with Gasteiger partial charge in [-0.05, 0) is 30.3 Å². The van der Waals surface area contributed by atoms with Gasteiger partial charge in [0, 0.05) is 24.0 Å². The van der Waals surface area contributed by atoms with Gasteiger partial charge in [0.2, 0.25) is 0 Å². The predicted octanol–water partition coefficient (Wildman–Crippen LogP) is 4.03. The molecule has 2 aromatic heterocycles. The smallest absolute Gasteiger partial charge is 0.193 e. The average Bonchev–Trinajstić information content (AvgIpc) is 2.72.